The fraction of sp³-hybridized carbons (Fsp3) is 0.500. The van der Waals surface area contributed by atoms with Gasteiger partial charge in [0, 0.05) is 32.8 Å². The van der Waals surface area contributed by atoms with Crippen LogP contribution in [0.2, 0.25) is 0 Å². The molecule has 102 valence electrons. The quantitative estimate of drug-likeness (QED) is 0.796. The number of ether oxygens (including phenoxy) is 1. The number of benzene rings is 1. The Balaban J connectivity index is 2.86. The van der Waals surface area contributed by atoms with Gasteiger partial charge in [0.1, 0.15) is 0 Å². The molecule has 0 aliphatic carbocycles. The van der Waals surface area contributed by atoms with Crippen molar-refractivity contribution < 1.29 is 18.6 Å². The van der Waals surface area contributed by atoms with Gasteiger partial charge in [-0.2, -0.15) is 0 Å². The highest BCUT2D eigenvalue weighted by atomic mass is 19.2. The summed E-state index contributed by atoms with van der Waals surface area (Å²) in [5.74, 6) is -1.90. The number of aliphatic hydroxyl groups is 1. The summed E-state index contributed by atoms with van der Waals surface area (Å²) in [4.78, 5) is 1.43. The fourth-order valence-electron chi connectivity index (χ4n) is 1.69. The van der Waals surface area contributed by atoms with Crippen LogP contribution in [0, 0.1) is 11.6 Å². The molecule has 18 heavy (non-hydrogen) atoms. The second-order valence-corrected chi connectivity index (χ2v) is 4.07. The predicted octanol–water partition coefficient (Wildman–Crippen LogP) is 0.867. The minimum atomic E-state index is -0.954. The summed E-state index contributed by atoms with van der Waals surface area (Å²) in [6, 6.07) is 2.88. The Hall–Kier alpha value is -1.24. The van der Waals surface area contributed by atoms with Crippen LogP contribution in [0.1, 0.15) is 5.56 Å². The van der Waals surface area contributed by atoms with E-state index in [0.29, 0.717) is 0 Å². The van der Waals surface area contributed by atoms with Crippen LogP contribution in [0.15, 0.2) is 12.1 Å². The van der Waals surface area contributed by atoms with Crippen LogP contribution in [0.3, 0.4) is 0 Å². The molecule has 0 aliphatic rings. The topological polar surface area (TPSA) is 58.7 Å². The molecule has 0 aliphatic heterocycles. The van der Waals surface area contributed by atoms with Gasteiger partial charge in [-0.1, -0.05) is 6.07 Å². The van der Waals surface area contributed by atoms with E-state index in [2.05, 4.69) is 0 Å². The standard InChI is InChI=1S/C12H18F2N2O2/c1-16(6-9(17)7-18-2)10-4-3-8(5-15)11(13)12(10)14/h3-4,9,17H,5-7,15H2,1-2H3. The van der Waals surface area contributed by atoms with Crippen molar-refractivity contribution >= 4 is 5.69 Å². The third-order valence-corrected chi connectivity index (χ3v) is 2.62. The number of likely N-dealkylation sites (N-methyl/N-ethyl adjacent to an activating group) is 1. The predicted molar refractivity (Wildman–Crippen MR) is 65.4 cm³/mol. The average Bonchev–Trinajstić information content (AvgIpc) is 2.32. The van der Waals surface area contributed by atoms with Crippen molar-refractivity contribution in [2.75, 3.05) is 32.2 Å². The van der Waals surface area contributed by atoms with Crippen LogP contribution in [0.25, 0.3) is 0 Å². The summed E-state index contributed by atoms with van der Waals surface area (Å²) >= 11 is 0. The van der Waals surface area contributed by atoms with Crippen LogP contribution < -0.4 is 10.6 Å². The monoisotopic (exact) mass is 260 g/mol. The summed E-state index contributed by atoms with van der Waals surface area (Å²) in [5, 5.41) is 9.54. The average molecular weight is 260 g/mol. The van der Waals surface area contributed by atoms with Gasteiger partial charge in [0.05, 0.1) is 18.4 Å². The van der Waals surface area contributed by atoms with E-state index in [1.165, 1.54) is 24.1 Å². The molecule has 0 radical (unpaired) electrons. The van der Waals surface area contributed by atoms with Gasteiger partial charge in [-0.3, -0.25) is 0 Å². The summed E-state index contributed by atoms with van der Waals surface area (Å²) in [6.45, 7) is 0.223. The van der Waals surface area contributed by atoms with Gasteiger partial charge in [-0.15, -0.1) is 0 Å². The smallest absolute Gasteiger partial charge is 0.182 e. The second-order valence-electron chi connectivity index (χ2n) is 4.07. The van der Waals surface area contributed by atoms with Crippen molar-refractivity contribution in [2.45, 2.75) is 12.6 Å². The number of rotatable bonds is 6. The highest BCUT2D eigenvalue weighted by Crippen LogP contribution is 2.23. The Kier molecular flexibility index (Phi) is 5.46. The minimum absolute atomic E-state index is 0.0565. The number of anilines is 1. The van der Waals surface area contributed by atoms with E-state index in [1.54, 1.807) is 7.05 Å². The lowest BCUT2D eigenvalue weighted by atomic mass is 10.1. The van der Waals surface area contributed by atoms with E-state index in [-0.39, 0.29) is 30.9 Å². The van der Waals surface area contributed by atoms with Crippen molar-refractivity contribution in [2.24, 2.45) is 5.73 Å². The van der Waals surface area contributed by atoms with E-state index in [9.17, 15) is 13.9 Å². The SMILES string of the molecule is COCC(O)CN(C)c1ccc(CN)c(F)c1F. The van der Waals surface area contributed by atoms with E-state index in [1.807, 2.05) is 0 Å². The molecule has 1 unspecified atom stereocenters. The van der Waals surface area contributed by atoms with Gasteiger partial charge >= 0.3 is 0 Å². The Morgan fingerprint density at radius 3 is 2.61 bits per heavy atom. The van der Waals surface area contributed by atoms with Gasteiger partial charge in [0.15, 0.2) is 11.6 Å². The van der Waals surface area contributed by atoms with E-state index < -0.39 is 17.7 Å². The first-order valence-electron chi connectivity index (χ1n) is 5.56. The number of nitrogens with two attached hydrogens (primary N) is 1. The fourth-order valence-corrected chi connectivity index (χ4v) is 1.69. The zero-order chi connectivity index (χ0) is 13.7. The second kappa shape index (κ2) is 6.63. The molecule has 0 bridgehead atoms. The van der Waals surface area contributed by atoms with Crippen molar-refractivity contribution in [3.05, 3.63) is 29.3 Å². The molecule has 0 fully saturated rings. The van der Waals surface area contributed by atoms with Crippen LogP contribution in [0.5, 0.6) is 0 Å². The zero-order valence-corrected chi connectivity index (χ0v) is 10.5. The molecule has 0 amide bonds. The van der Waals surface area contributed by atoms with Gasteiger partial charge in [-0.25, -0.2) is 8.78 Å². The number of hydrogen-bond donors (Lipinski definition) is 2. The molecule has 1 aromatic carbocycles. The maximum atomic E-state index is 13.8. The Morgan fingerprint density at radius 1 is 1.39 bits per heavy atom. The third kappa shape index (κ3) is 3.38. The summed E-state index contributed by atoms with van der Waals surface area (Å²) in [7, 11) is 3.03. The van der Waals surface area contributed by atoms with Gasteiger partial charge in [-0.05, 0) is 6.07 Å². The molecule has 0 spiro atoms. The van der Waals surface area contributed by atoms with Crippen LogP contribution in [0.4, 0.5) is 14.5 Å². The molecule has 0 saturated carbocycles. The lowest BCUT2D eigenvalue weighted by Gasteiger charge is -2.23. The Labute approximate surface area is 105 Å². The highest BCUT2D eigenvalue weighted by Gasteiger charge is 2.17. The first kappa shape index (κ1) is 14.8. The number of halogens is 2. The first-order valence-corrected chi connectivity index (χ1v) is 5.56. The van der Waals surface area contributed by atoms with Crippen molar-refractivity contribution in [3.8, 4) is 0 Å². The maximum absolute atomic E-state index is 13.8. The lowest BCUT2D eigenvalue weighted by Crippen LogP contribution is -2.32. The van der Waals surface area contributed by atoms with Crippen molar-refractivity contribution in [1.29, 1.82) is 0 Å². The number of nitrogens with zero attached hydrogens (tertiary/aromatic N) is 1. The first-order chi connectivity index (χ1) is 8.51. The van der Waals surface area contributed by atoms with Gasteiger partial charge in [0.25, 0.3) is 0 Å². The molecular formula is C12H18F2N2O2. The molecular weight excluding hydrogens is 242 g/mol. The third-order valence-electron chi connectivity index (χ3n) is 2.62. The van der Waals surface area contributed by atoms with E-state index in [4.69, 9.17) is 10.5 Å². The lowest BCUT2D eigenvalue weighted by molar-refractivity contribution is 0.0694. The van der Waals surface area contributed by atoms with E-state index in [0.717, 1.165) is 0 Å². The molecule has 0 heterocycles. The normalized spacial score (nSPS) is 12.6. The Morgan fingerprint density at radius 2 is 2.06 bits per heavy atom. The van der Waals surface area contributed by atoms with Gasteiger partial charge < -0.3 is 20.5 Å². The zero-order valence-electron chi connectivity index (χ0n) is 10.5. The molecule has 1 atom stereocenters. The minimum Gasteiger partial charge on any atom is -0.389 e. The van der Waals surface area contributed by atoms with Crippen LogP contribution >= 0.6 is 0 Å². The van der Waals surface area contributed by atoms with Crippen LogP contribution in [-0.2, 0) is 11.3 Å². The van der Waals surface area contributed by atoms with Crippen molar-refractivity contribution in [1.82, 2.24) is 0 Å². The number of hydrogen-bond acceptors (Lipinski definition) is 4. The largest absolute Gasteiger partial charge is 0.389 e. The molecule has 3 N–H and O–H groups in total. The van der Waals surface area contributed by atoms with Crippen LogP contribution in [-0.4, -0.2) is 38.5 Å². The molecule has 0 aromatic heterocycles. The number of methoxy groups -OCH3 is 1. The Bertz CT molecular complexity index is 402. The molecule has 1 aromatic rings. The van der Waals surface area contributed by atoms with E-state index >= 15 is 0 Å². The molecule has 0 saturated heterocycles. The molecule has 4 nitrogen and oxygen atoms in total. The highest BCUT2D eigenvalue weighted by molar-refractivity contribution is 5.49. The maximum Gasteiger partial charge on any atom is 0.182 e. The molecule has 6 heteroatoms. The van der Waals surface area contributed by atoms with Gasteiger partial charge in [0.2, 0.25) is 0 Å². The summed E-state index contributed by atoms with van der Waals surface area (Å²) in [6.07, 6.45) is -0.767. The number of aliphatic hydroxyl groups excluding tert-OH is 1. The molecule has 1 rings (SSSR count). The summed E-state index contributed by atoms with van der Waals surface area (Å²) < 4.78 is 32.1. The van der Waals surface area contributed by atoms with Crippen molar-refractivity contribution in [3.63, 3.8) is 0 Å². The summed E-state index contributed by atoms with van der Waals surface area (Å²) in [5.41, 5.74) is 5.50.